The highest BCUT2D eigenvalue weighted by Crippen LogP contribution is 2.35. The molecule has 0 atom stereocenters. The van der Waals surface area contributed by atoms with Crippen LogP contribution >= 0.6 is 0 Å². The third-order valence-corrected chi connectivity index (χ3v) is 4.57. The van der Waals surface area contributed by atoms with Crippen molar-refractivity contribution < 1.29 is 9.59 Å². The van der Waals surface area contributed by atoms with Crippen molar-refractivity contribution in [2.45, 2.75) is 25.2 Å². The molecule has 2 aromatic heterocycles. The lowest BCUT2D eigenvalue weighted by Crippen LogP contribution is -2.44. The molecule has 3 heterocycles. The molecule has 0 saturated carbocycles. The first-order chi connectivity index (χ1) is 11.0. The highest BCUT2D eigenvalue weighted by molar-refractivity contribution is 5.94. The van der Waals surface area contributed by atoms with Gasteiger partial charge in [-0.05, 0) is 25.0 Å². The minimum atomic E-state index is -0.483. The van der Waals surface area contributed by atoms with Crippen LogP contribution in [0, 0.1) is 0 Å². The van der Waals surface area contributed by atoms with Gasteiger partial charge in [-0.15, -0.1) is 0 Å². The molecule has 120 valence electrons. The van der Waals surface area contributed by atoms with Crippen molar-refractivity contribution in [1.82, 2.24) is 20.1 Å². The quantitative estimate of drug-likeness (QED) is 0.885. The first-order valence-corrected chi connectivity index (χ1v) is 7.54. The molecule has 1 aliphatic heterocycles. The monoisotopic (exact) mass is 313 g/mol. The molecule has 0 bridgehead atoms. The van der Waals surface area contributed by atoms with E-state index < -0.39 is 5.91 Å². The van der Waals surface area contributed by atoms with Gasteiger partial charge in [-0.1, -0.05) is 6.92 Å². The van der Waals surface area contributed by atoms with Crippen LogP contribution in [0.3, 0.4) is 0 Å². The number of carbonyl (C=O) groups is 2. The zero-order valence-electron chi connectivity index (χ0n) is 13.0. The van der Waals surface area contributed by atoms with Gasteiger partial charge in [0.05, 0.1) is 23.0 Å². The maximum atomic E-state index is 12.5. The molecule has 0 aliphatic carbocycles. The number of nitrogens with one attached hydrogen (secondary N) is 1. The summed E-state index contributed by atoms with van der Waals surface area (Å²) >= 11 is 0. The number of H-pyrrole nitrogens is 1. The molecule has 3 N–H and O–H groups in total. The van der Waals surface area contributed by atoms with Crippen LogP contribution < -0.4 is 5.73 Å². The Morgan fingerprint density at radius 3 is 2.65 bits per heavy atom. The molecule has 1 aliphatic rings. The second kappa shape index (κ2) is 5.83. The summed E-state index contributed by atoms with van der Waals surface area (Å²) in [6.07, 6.45) is 6.17. The fourth-order valence-corrected chi connectivity index (χ4v) is 3.06. The van der Waals surface area contributed by atoms with E-state index in [0.717, 1.165) is 18.5 Å². The number of aromatic nitrogens is 3. The van der Waals surface area contributed by atoms with Crippen molar-refractivity contribution in [3.63, 3.8) is 0 Å². The van der Waals surface area contributed by atoms with Crippen LogP contribution in [0.2, 0.25) is 0 Å². The first kappa shape index (κ1) is 15.2. The Hall–Kier alpha value is -2.70. The first-order valence-electron chi connectivity index (χ1n) is 7.54. The Bertz CT molecular complexity index is 717. The summed E-state index contributed by atoms with van der Waals surface area (Å²) in [6.45, 7) is 3.29. The average molecular weight is 313 g/mol. The van der Waals surface area contributed by atoms with Crippen LogP contribution in [0.5, 0.6) is 0 Å². The second-order valence-electron chi connectivity index (χ2n) is 6.12. The summed E-state index contributed by atoms with van der Waals surface area (Å²) in [5, 5.41) is 6.86. The molecule has 2 amide bonds. The zero-order chi connectivity index (χ0) is 16.4. The molecule has 0 unspecified atom stereocenters. The maximum absolute atomic E-state index is 12.5. The van der Waals surface area contributed by atoms with Crippen molar-refractivity contribution in [1.29, 1.82) is 0 Å². The molecule has 7 heteroatoms. The van der Waals surface area contributed by atoms with Crippen LogP contribution in [-0.2, 0) is 5.41 Å². The van der Waals surface area contributed by atoms with Gasteiger partial charge in [0.1, 0.15) is 0 Å². The Morgan fingerprint density at radius 1 is 1.30 bits per heavy atom. The summed E-state index contributed by atoms with van der Waals surface area (Å²) in [5.74, 6) is -0.497. The van der Waals surface area contributed by atoms with E-state index in [1.165, 1.54) is 6.20 Å². The van der Waals surface area contributed by atoms with Gasteiger partial charge in [-0.25, -0.2) is 0 Å². The summed E-state index contributed by atoms with van der Waals surface area (Å²) in [5.41, 5.74) is 6.95. The Balaban J connectivity index is 1.74. The van der Waals surface area contributed by atoms with Crippen molar-refractivity contribution in [3.8, 4) is 0 Å². The van der Waals surface area contributed by atoms with Gasteiger partial charge in [0.25, 0.3) is 11.8 Å². The van der Waals surface area contributed by atoms with E-state index in [-0.39, 0.29) is 11.3 Å². The largest absolute Gasteiger partial charge is 0.365 e. The van der Waals surface area contributed by atoms with E-state index in [1.54, 1.807) is 24.5 Å². The van der Waals surface area contributed by atoms with E-state index in [4.69, 9.17) is 5.73 Å². The van der Waals surface area contributed by atoms with E-state index in [9.17, 15) is 9.59 Å². The summed E-state index contributed by atoms with van der Waals surface area (Å²) in [7, 11) is 0. The summed E-state index contributed by atoms with van der Waals surface area (Å²) in [6, 6.07) is 3.52. The van der Waals surface area contributed by atoms with Crippen LogP contribution in [0.4, 0.5) is 0 Å². The van der Waals surface area contributed by atoms with Gasteiger partial charge in [-0.3, -0.25) is 19.7 Å². The minimum absolute atomic E-state index is 0.0140. The number of hydrogen-bond acceptors (Lipinski definition) is 4. The highest BCUT2D eigenvalue weighted by Gasteiger charge is 2.37. The molecule has 1 fully saturated rings. The lowest BCUT2D eigenvalue weighted by atomic mass is 9.76. The summed E-state index contributed by atoms with van der Waals surface area (Å²) < 4.78 is 0. The molecular formula is C16H19N5O2. The molecule has 0 spiro atoms. The number of nitrogens with zero attached hydrogens (tertiary/aromatic N) is 3. The number of aromatic amines is 1. The van der Waals surface area contributed by atoms with Crippen LogP contribution in [0.1, 0.15) is 46.2 Å². The maximum Gasteiger partial charge on any atom is 0.255 e. The molecule has 3 rings (SSSR count). The van der Waals surface area contributed by atoms with Crippen molar-refractivity contribution in [2.24, 2.45) is 5.73 Å². The topological polar surface area (TPSA) is 105 Å². The number of pyridine rings is 1. The van der Waals surface area contributed by atoms with Crippen molar-refractivity contribution in [2.75, 3.05) is 13.1 Å². The smallest absolute Gasteiger partial charge is 0.255 e. The van der Waals surface area contributed by atoms with Crippen LogP contribution in [-0.4, -0.2) is 45.0 Å². The SMILES string of the molecule is CC1(c2[nH]ncc2C(N)=O)CCN(C(=O)c2cccnc2)CC1. The van der Waals surface area contributed by atoms with Gasteiger partial charge in [0.2, 0.25) is 0 Å². The third-order valence-electron chi connectivity index (χ3n) is 4.57. The van der Waals surface area contributed by atoms with Crippen LogP contribution in [0.25, 0.3) is 0 Å². The number of piperidine rings is 1. The number of hydrogen-bond donors (Lipinski definition) is 2. The Kier molecular flexibility index (Phi) is 3.85. The standard InChI is InChI=1S/C16H19N5O2/c1-16(13-12(14(17)22)10-19-20-13)4-7-21(8-5-16)15(23)11-3-2-6-18-9-11/h2-3,6,9-10H,4-5,7-8H2,1H3,(H2,17,22)(H,19,20). The number of primary amides is 1. The third kappa shape index (κ3) is 2.81. The lowest BCUT2D eigenvalue weighted by molar-refractivity contribution is 0.0671. The lowest BCUT2D eigenvalue weighted by Gasteiger charge is -2.39. The number of rotatable bonds is 3. The molecular weight excluding hydrogens is 294 g/mol. The zero-order valence-corrected chi connectivity index (χ0v) is 13.0. The van der Waals surface area contributed by atoms with Gasteiger partial charge < -0.3 is 10.6 Å². The van der Waals surface area contributed by atoms with E-state index in [1.807, 2.05) is 4.90 Å². The van der Waals surface area contributed by atoms with Gasteiger partial charge in [-0.2, -0.15) is 5.10 Å². The predicted octanol–water partition coefficient (Wildman–Crippen LogP) is 1.10. The van der Waals surface area contributed by atoms with Gasteiger partial charge in [0.15, 0.2) is 0 Å². The van der Waals surface area contributed by atoms with Crippen molar-refractivity contribution in [3.05, 3.63) is 47.5 Å². The molecule has 7 nitrogen and oxygen atoms in total. The number of amides is 2. The highest BCUT2D eigenvalue weighted by atomic mass is 16.2. The van der Waals surface area contributed by atoms with Gasteiger partial charge >= 0.3 is 0 Å². The Morgan fingerprint density at radius 2 is 2.04 bits per heavy atom. The minimum Gasteiger partial charge on any atom is -0.365 e. The van der Waals surface area contributed by atoms with Gasteiger partial charge in [0, 0.05) is 30.9 Å². The molecule has 23 heavy (non-hydrogen) atoms. The van der Waals surface area contributed by atoms with Crippen LogP contribution in [0.15, 0.2) is 30.7 Å². The van der Waals surface area contributed by atoms with E-state index in [2.05, 4.69) is 22.1 Å². The number of carbonyl (C=O) groups excluding carboxylic acids is 2. The fourth-order valence-electron chi connectivity index (χ4n) is 3.06. The second-order valence-corrected chi connectivity index (χ2v) is 6.12. The fraction of sp³-hybridized carbons (Fsp3) is 0.375. The molecule has 0 aromatic carbocycles. The predicted molar refractivity (Wildman–Crippen MR) is 83.8 cm³/mol. The average Bonchev–Trinajstić information content (AvgIpc) is 3.07. The summed E-state index contributed by atoms with van der Waals surface area (Å²) in [4.78, 5) is 29.8. The van der Waals surface area contributed by atoms with Crippen molar-refractivity contribution >= 4 is 11.8 Å². The molecule has 0 radical (unpaired) electrons. The normalized spacial score (nSPS) is 17.0. The molecule has 2 aromatic rings. The molecule has 1 saturated heterocycles. The number of nitrogens with two attached hydrogens (primary N) is 1. The Labute approximate surface area is 133 Å². The number of likely N-dealkylation sites (tertiary alicyclic amines) is 1. The van der Waals surface area contributed by atoms with E-state index >= 15 is 0 Å². The van der Waals surface area contributed by atoms with E-state index in [0.29, 0.717) is 24.2 Å².